The van der Waals surface area contributed by atoms with Gasteiger partial charge < -0.3 is 24.6 Å². The quantitative estimate of drug-likeness (QED) is 0.591. The average Bonchev–Trinajstić information content (AvgIpc) is 2.52. The van der Waals surface area contributed by atoms with Gasteiger partial charge in [-0.2, -0.15) is 0 Å². The van der Waals surface area contributed by atoms with Gasteiger partial charge in [0.05, 0.1) is 31.3 Å². The highest BCUT2D eigenvalue weighted by Crippen LogP contribution is 2.26. The minimum absolute atomic E-state index is 0.228. The number of aliphatic carboxylic acids is 1. The number of carbonyl (C=O) groups excluding carboxylic acids is 1. The number of carbonyl (C=O) groups is 2. The second-order valence-electron chi connectivity index (χ2n) is 9.66. The van der Waals surface area contributed by atoms with Crippen LogP contribution in [0.15, 0.2) is 24.3 Å². The molecular formula is C22H34N2O6. The third-order valence-electron chi connectivity index (χ3n) is 4.46. The maximum Gasteiger partial charge on any atom is 0.407 e. The van der Waals surface area contributed by atoms with Crippen LogP contribution in [0.25, 0.3) is 0 Å². The van der Waals surface area contributed by atoms with E-state index in [2.05, 4.69) is 10.6 Å². The Bertz CT molecular complexity index is 729. The van der Waals surface area contributed by atoms with Crippen molar-refractivity contribution < 1.29 is 28.9 Å². The standard InChI is InChI=1S/C22H34N2O6/c1-20(2,3)29-16-9-7-15(8-10-16)11-17(24-19(27)30-21(4,5)6)22(13-28-14-22)23-12-18(25)26/h7-10,17,23H,11-14H2,1-6H3,(H,24,27)(H,25,26)/t17-/m0/s1. The van der Waals surface area contributed by atoms with E-state index in [-0.39, 0.29) is 12.1 Å². The number of hydrogen-bond donors (Lipinski definition) is 3. The van der Waals surface area contributed by atoms with Crippen LogP contribution in [0, 0.1) is 0 Å². The zero-order valence-corrected chi connectivity index (χ0v) is 18.7. The zero-order valence-electron chi connectivity index (χ0n) is 18.7. The van der Waals surface area contributed by atoms with Gasteiger partial charge in [0, 0.05) is 0 Å². The van der Waals surface area contributed by atoms with Crippen LogP contribution < -0.4 is 15.4 Å². The number of carboxylic acid groups (broad SMARTS) is 1. The molecule has 1 fully saturated rings. The van der Waals surface area contributed by atoms with Crippen LogP contribution >= 0.6 is 0 Å². The molecule has 1 aromatic rings. The molecule has 3 N–H and O–H groups in total. The van der Waals surface area contributed by atoms with Crippen molar-refractivity contribution in [3.05, 3.63) is 29.8 Å². The van der Waals surface area contributed by atoms with Gasteiger partial charge in [0.1, 0.15) is 17.0 Å². The molecule has 1 aliphatic heterocycles. The van der Waals surface area contributed by atoms with Crippen molar-refractivity contribution in [1.82, 2.24) is 10.6 Å². The number of amides is 1. The van der Waals surface area contributed by atoms with Crippen LogP contribution in [-0.2, 0) is 20.7 Å². The van der Waals surface area contributed by atoms with Gasteiger partial charge in [-0.15, -0.1) is 0 Å². The summed E-state index contributed by atoms with van der Waals surface area (Å²) in [6.07, 6.45) is -0.0750. The summed E-state index contributed by atoms with van der Waals surface area (Å²) in [6.45, 7) is 11.7. The monoisotopic (exact) mass is 422 g/mol. The number of benzene rings is 1. The Morgan fingerprint density at radius 2 is 1.70 bits per heavy atom. The molecule has 1 atom stereocenters. The molecule has 2 rings (SSSR count). The van der Waals surface area contributed by atoms with Gasteiger partial charge in [-0.3, -0.25) is 10.1 Å². The Balaban J connectivity index is 2.18. The minimum Gasteiger partial charge on any atom is -0.488 e. The smallest absolute Gasteiger partial charge is 0.407 e. The topological polar surface area (TPSA) is 106 Å². The molecule has 0 spiro atoms. The van der Waals surface area contributed by atoms with Gasteiger partial charge in [-0.1, -0.05) is 12.1 Å². The lowest BCUT2D eigenvalue weighted by molar-refractivity contribution is -0.139. The Labute approximate surface area is 178 Å². The normalized spacial score (nSPS) is 16.9. The summed E-state index contributed by atoms with van der Waals surface area (Å²) in [5.74, 6) is -0.213. The van der Waals surface area contributed by atoms with Gasteiger partial charge in [0.15, 0.2) is 0 Å². The summed E-state index contributed by atoms with van der Waals surface area (Å²) in [4.78, 5) is 23.6. The maximum absolute atomic E-state index is 12.5. The van der Waals surface area contributed by atoms with Crippen molar-refractivity contribution in [3.8, 4) is 5.75 Å². The van der Waals surface area contributed by atoms with E-state index >= 15 is 0 Å². The fraction of sp³-hybridized carbons (Fsp3) is 0.636. The highest BCUT2D eigenvalue weighted by molar-refractivity contribution is 5.70. The van der Waals surface area contributed by atoms with E-state index in [0.29, 0.717) is 19.6 Å². The molecule has 1 aromatic carbocycles. The Kier molecular flexibility index (Phi) is 7.36. The van der Waals surface area contributed by atoms with Crippen LogP contribution in [0.4, 0.5) is 4.79 Å². The lowest BCUT2D eigenvalue weighted by Gasteiger charge is -2.47. The summed E-state index contributed by atoms with van der Waals surface area (Å²) in [5, 5.41) is 15.1. The fourth-order valence-corrected chi connectivity index (χ4v) is 3.12. The van der Waals surface area contributed by atoms with Crippen LogP contribution in [-0.4, -0.2) is 59.7 Å². The summed E-state index contributed by atoms with van der Waals surface area (Å²) in [6, 6.07) is 7.24. The highest BCUT2D eigenvalue weighted by atomic mass is 16.6. The van der Waals surface area contributed by atoms with E-state index < -0.39 is 29.2 Å². The van der Waals surface area contributed by atoms with Crippen molar-refractivity contribution in [2.75, 3.05) is 19.8 Å². The van der Waals surface area contributed by atoms with Gasteiger partial charge in [0.2, 0.25) is 0 Å². The largest absolute Gasteiger partial charge is 0.488 e. The fourth-order valence-electron chi connectivity index (χ4n) is 3.12. The van der Waals surface area contributed by atoms with Crippen molar-refractivity contribution >= 4 is 12.1 Å². The molecule has 1 amide bonds. The third kappa shape index (κ3) is 7.50. The molecule has 0 unspecified atom stereocenters. The van der Waals surface area contributed by atoms with E-state index in [4.69, 9.17) is 19.3 Å². The minimum atomic E-state index is -0.971. The lowest BCUT2D eigenvalue weighted by Crippen LogP contribution is -2.72. The average molecular weight is 423 g/mol. The summed E-state index contributed by atoms with van der Waals surface area (Å²) in [7, 11) is 0. The van der Waals surface area contributed by atoms with E-state index in [1.807, 2.05) is 45.0 Å². The molecule has 0 bridgehead atoms. The Morgan fingerprint density at radius 1 is 1.10 bits per heavy atom. The predicted octanol–water partition coefficient (Wildman–Crippen LogP) is 2.74. The van der Waals surface area contributed by atoms with Crippen LogP contribution in [0.1, 0.15) is 47.1 Å². The summed E-state index contributed by atoms with van der Waals surface area (Å²) in [5.41, 5.74) is -0.648. The maximum atomic E-state index is 12.5. The first kappa shape index (κ1) is 24.0. The first-order chi connectivity index (χ1) is 13.8. The van der Waals surface area contributed by atoms with Crippen LogP contribution in [0.3, 0.4) is 0 Å². The second-order valence-corrected chi connectivity index (χ2v) is 9.66. The zero-order chi connectivity index (χ0) is 22.6. The van der Waals surface area contributed by atoms with Gasteiger partial charge in [0.25, 0.3) is 0 Å². The van der Waals surface area contributed by atoms with Gasteiger partial charge in [-0.25, -0.2) is 4.79 Å². The first-order valence-corrected chi connectivity index (χ1v) is 10.1. The van der Waals surface area contributed by atoms with Gasteiger partial charge in [-0.05, 0) is 65.7 Å². The van der Waals surface area contributed by atoms with Crippen molar-refractivity contribution in [2.45, 2.75) is 70.7 Å². The molecule has 30 heavy (non-hydrogen) atoms. The number of nitrogens with one attached hydrogen (secondary N) is 2. The van der Waals surface area contributed by atoms with Crippen molar-refractivity contribution in [3.63, 3.8) is 0 Å². The van der Waals surface area contributed by atoms with E-state index in [1.54, 1.807) is 20.8 Å². The van der Waals surface area contributed by atoms with Crippen LogP contribution in [0.2, 0.25) is 0 Å². The SMILES string of the molecule is CC(C)(C)OC(=O)N[C@@H](Cc1ccc(OC(C)(C)C)cc1)C1(NCC(=O)O)COC1. The lowest BCUT2D eigenvalue weighted by atomic mass is 9.83. The molecule has 1 aliphatic rings. The molecule has 0 saturated carbocycles. The first-order valence-electron chi connectivity index (χ1n) is 10.1. The predicted molar refractivity (Wildman–Crippen MR) is 113 cm³/mol. The molecule has 1 heterocycles. The van der Waals surface area contributed by atoms with Crippen LogP contribution in [0.5, 0.6) is 5.75 Å². The van der Waals surface area contributed by atoms with E-state index in [1.165, 1.54) is 0 Å². The molecule has 0 aliphatic carbocycles. The number of rotatable bonds is 8. The molecule has 168 valence electrons. The van der Waals surface area contributed by atoms with Gasteiger partial charge >= 0.3 is 12.1 Å². The molecular weight excluding hydrogens is 388 g/mol. The highest BCUT2D eigenvalue weighted by Gasteiger charge is 2.47. The summed E-state index contributed by atoms with van der Waals surface area (Å²) >= 11 is 0. The summed E-state index contributed by atoms with van der Waals surface area (Å²) < 4.78 is 16.7. The number of carboxylic acids is 1. The molecule has 0 aromatic heterocycles. The number of alkyl carbamates (subject to hydrolysis) is 1. The van der Waals surface area contributed by atoms with E-state index in [0.717, 1.165) is 11.3 Å². The molecule has 8 heteroatoms. The molecule has 1 saturated heterocycles. The molecule has 8 nitrogen and oxygen atoms in total. The second kappa shape index (κ2) is 9.22. The van der Waals surface area contributed by atoms with E-state index in [9.17, 15) is 9.59 Å². The Morgan fingerprint density at radius 3 is 2.13 bits per heavy atom. The number of ether oxygens (including phenoxy) is 3. The third-order valence-corrected chi connectivity index (χ3v) is 4.46. The molecule has 0 radical (unpaired) electrons. The van der Waals surface area contributed by atoms with Crippen molar-refractivity contribution in [2.24, 2.45) is 0 Å². The Hall–Kier alpha value is -2.32. The number of hydrogen-bond acceptors (Lipinski definition) is 6. The van der Waals surface area contributed by atoms with Crippen molar-refractivity contribution in [1.29, 1.82) is 0 Å².